The Morgan fingerprint density at radius 1 is 1.44 bits per heavy atom. The molecule has 1 aliphatic rings. The third-order valence-electron chi connectivity index (χ3n) is 3.18. The Labute approximate surface area is 93.2 Å². The lowest BCUT2D eigenvalue weighted by Gasteiger charge is -2.27. The van der Waals surface area contributed by atoms with Crippen molar-refractivity contribution in [3.63, 3.8) is 0 Å². The number of alkyl halides is 3. The molecule has 1 aliphatic carbocycles. The number of Topliss-reactive ketones (excluding diaryl/α,β-unsaturated/α-hetero) is 1. The average Bonchev–Trinajstić information content (AvgIpc) is 2.19. The lowest BCUT2D eigenvalue weighted by Crippen LogP contribution is -2.27. The molecule has 5 heteroatoms. The van der Waals surface area contributed by atoms with Gasteiger partial charge in [0.1, 0.15) is 5.78 Å². The number of ketones is 1. The Balaban J connectivity index is 2.31. The van der Waals surface area contributed by atoms with Gasteiger partial charge in [-0.2, -0.15) is 0 Å². The first-order valence-corrected chi connectivity index (χ1v) is 5.65. The van der Waals surface area contributed by atoms with Gasteiger partial charge in [0.05, 0.1) is 6.61 Å². The molecule has 0 heterocycles. The van der Waals surface area contributed by atoms with E-state index < -0.39 is 13.0 Å². The van der Waals surface area contributed by atoms with Crippen molar-refractivity contribution in [1.29, 1.82) is 0 Å². The molecule has 0 aromatic rings. The van der Waals surface area contributed by atoms with Crippen LogP contribution in [-0.2, 0) is 9.53 Å². The van der Waals surface area contributed by atoms with Crippen LogP contribution in [0.2, 0.25) is 0 Å². The molecule has 0 amide bonds. The minimum Gasteiger partial charge on any atom is -0.299 e. The summed E-state index contributed by atoms with van der Waals surface area (Å²) in [5.74, 6) is 0.338. The highest BCUT2D eigenvalue weighted by atomic mass is 19.4. The third kappa shape index (κ3) is 4.51. The second-order valence-corrected chi connectivity index (χ2v) is 4.29. The van der Waals surface area contributed by atoms with E-state index in [4.69, 9.17) is 0 Å². The fourth-order valence-electron chi connectivity index (χ4n) is 2.17. The Kier molecular flexibility index (Phi) is 4.77. The Morgan fingerprint density at radius 3 is 2.69 bits per heavy atom. The minimum absolute atomic E-state index is 0.0930. The van der Waals surface area contributed by atoms with Crippen LogP contribution in [0.1, 0.15) is 39.0 Å². The maximum atomic E-state index is 11.7. The minimum atomic E-state index is -4.58. The van der Waals surface area contributed by atoms with E-state index in [1.54, 1.807) is 0 Å². The number of carbonyl (C=O) groups excluding carboxylic acids is 1. The van der Waals surface area contributed by atoms with Crippen molar-refractivity contribution >= 4 is 5.78 Å². The molecule has 0 spiro atoms. The van der Waals surface area contributed by atoms with Crippen LogP contribution in [0.4, 0.5) is 13.2 Å². The van der Waals surface area contributed by atoms with Gasteiger partial charge in [0.15, 0.2) is 0 Å². The molecule has 2 atom stereocenters. The fourth-order valence-corrected chi connectivity index (χ4v) is 2.17. The Morgan fingerprint density at radius 2 is 2.12 bits per heavy atom. The predicted molar refractivity (Wildman–Crippen MR) is 52.8 cm³/mol. The van der Waals surface area contributed by atoms with Crippen molar-refractivity contribution < 1.29 is 22.7 Å². The molecule has 1 saturated carbocycles. The molecule has 0 aliphatic heterocycles. The first-order chi connectivity index (χ1) is 7.42. The molecule has 0 N–H and O–H groups in total. The average molecular weight is 238 g/mol. The number of carbonyl (C=O) groups is 1. The van der Waals surface area contributed by atoms with Crippen LogP contribution in [0.3, 0.4) is 0 Å². The summed E-state index contributed by atoms with van der Waals surface area (Å²) in [5, 5.41) is 0. The predicted octanol–water partition coefficient (Wildman–Crippen LogP) is 3.31. The van der Waals surface area contributed by atoms with Gasteiger partial charge in [-0.1, -0.05) is 13.3 Å². The zero-order valence-corrected chi connectivity index (χ0v) is 9.35. The van der Waals surface area contributed by atoms with Gasteiger partial charge in [0.25, 0.3) is 0 Å². The fraction of sp³-hybridized carbons (Fsp3) is 0.909. The number of hydrogen-bond donors (Lipinski definition) is 0. The normalized spacial score (nSPS) is 27.1. The summed E-state index contributed by atoms with van der Waals surface area (Å²) in [6.07, 6.45) is -1.29. The maximum absolute atomic E-state index is 11.7. The number of hydrogen-bond acceptors (Lipinski definition) is 2. The molecule has 2 nitrogen and oxygen atoms in total. The van der Waals surface area contributed by atoms with E-state index in [2.05, 4.69) is 4.74 Å². The summed E-state index contributed by atoms with van der Waals surface area (Å²) >= 11 is 0. The van der Waals surface area contributed by atoms with Crippen molar-refractivity contribution in [3.8, 4) is 0 Å². The van der Waals surface area contributed by atoms with Crippen LogP contribution < -0.4 is 0 Å². The van der Waals surface area contributed by atoms with Crippen LogP contribution in [0.5, 0.6) is 0 Å². The quantitative estimate of drug-likeness (QED) is 0.751. The Hall–Kier alpha value is -0.580. The van der Waals surface area contributed by atoms with Crippen molar-refractivity contribution in [2.75, 3.05) is 6.61 Å². The van der Waals surface area contributed by atoms with E-state index in [1.165, 1.54) is 0 Å². The van der Waals surface area contributed by atoms with Gasteiger partial charge in [-0.05, 0) is 25.2 Å². The molecule has 0 aromatic carbocycles. The highest BCUT2D eigenvalue weighted by Gasteiger charge is 2.31. The first kappa shape index (κ1) is 13.5. The van der Waals surface area contributed by atoms with Gasteiger partial charge in [-0.15, -0.1) is 13.2 Å². The van der Waals surface area contributed by atoms with E-state index in [1.807, 2.05) is 6.92 Å². The van der Waals surface area contributed by atoms with Crippen LogP contribution >= 0.6 is 0 Å². The van der Waals surface area contributed by atoms with Crippen LogP contribution in [0.15, 0.2) is 0 Å². The number of halogens is 3. The van der Waals surface area contributed by atoms with Crippen molar-refractivity contribution in [2.45, 2.75) is 45.4 Å². The van der Waals surface area contributed by atoms with Crippen molar-refractivity contribution in [3.05, 3.63) is 0 Å². The van der Waals surface area contributed by atoms with Crippen LogP contribution in [-0.4, -0.2) is 18.8 Å². The van der Waals surface area contributed by atoms with E-state index >= 15 is 0 Å². The summed E-state index contributed by atoms with van der Waals surface area (Å²) in [6.45, 7) is 1.64. The zero-order valence-electron chi connectivity index (χ0n) is 9.35. The standard InChI is InChI=1S/C11H17F3O2/c1-2-8-3-4-10(15)9(7-8)5-6-16-11(12,13)14/h8-9H,2-7H2,1H3. The molecule has 1 fully saturated rings. The van der Waals surface area contributed by atoms with E-state index in [0.29, 0.717) is 12.3 Å². The Bertz CT molecular complexity index is 238. The molecular formula is C11H17F3O2. The van der Waals surface area contributed by atoms with Crippen LogP contribution in [0, 0.1) is 11.8 Å². The third-order valence-corrected chi connectivity index (χ3v) is 3.18. The molecule has 2 unspecified atom stereocenters. The molecule has 0 radical (unpaired) electrons. The SMILES string of the molecule is CCC1CCC(=O)C(CCOC(F)(F)F)C1. The van der Waals surface area contributed by atoms with E-state index in [0.717, 1.165) is 19.3 Å². The number of ether oxygens (including phenoxy) is 1. The van der Waals surface area contributed by atoms with Gasteiger partial charge in [-0.3, -0.25) is 9.53 Å². The van der Waals surface area contributed by atoms with Crippen LogP contribution in [0.25, 0.3) is 0 Å². The highest BCUT2D eigenvalue weighted by molar-refractivity contribution is 5.81. The largest absolute Gasteiger partial charge is 0.522 e. The lowest BCUT2D eigenvalue weighted by molar-refractivity contribution is -0.325. The monoisotopic (exact) mass is 238 g/mol. The molecule has 0 bridgehead atoms. The molecule has 0 saturated heterocycles. The topological polar surface area (TPSA) is 26.3 Å². The second-order valence-electron chi connectivity index (χ2n) is 4.29. The smallest absolute Gasteiger partial charge is 0.299 e. The maximum Gasteiger partial charge on any atom is 0.522 e. The summed E-state index contributed by atoms with van der Waals surface area (Å²) < 4.78 is 38.9. The van der Waals surface area contributed by atoms with Gasteiger partial charge < -0.3 is 0 Å². The van der Waals surface area contributed by atoms with Gasteiger partial charge in [0.2, 0.25) is 0 Å². The van der Waals surface area contributed by atoms with Crippen molar-refractivity contribution in [2.24, 2.45) is 11.8 Å². The summed E-state index contributed by atoms with van der Waals surface area (Å²) in [5.41, 5.74) is 0. The summed E-state index contributed by atoms with van der Waals surface area (Å²) in [6, 6.07) is 0. The van der Waals surface area contributed by atoms with Gasteiger partial charge >= 0.3 is 6.36 Å². The van der Waals surface area contributed by atoms with Gasteiger partial charge in [0, 0.05) is 12.3 Å². The van der Waals surface area contributed by atoms with E-state index in [9.17, 15) is 18.0 Å². The van der Waals surface area contributed by atoms with Crippen molar-refractivity contribution in [1.82, 2.24) is 0 Å². The molecule has 1 rings (SSSR count). The molecule has 94 valence electrons. The number of rotatable bonds is 4. The molecule has 16 heavy (non-hydrogen) atoms. The van der Waals surface area contributed by atoms with Gasteiger partial charge in [-0.25, -0.2) is 0 Å². The second kappa shape index (κ2) is 5.66. The van der Waals surface area contributed by atoms with E-state index in [-0.39, 0.29) is 18.1 Å². The lowest BCUT2D eigenvalue weighted by atomic mass is 9.78. The first-order valence-electron chi connectivity index (χ1n) is 5.65. The molecule has 0 aromatic heterocycles. The highest BCUT2D eigenvalue weighted by Crippen LogP contribution is 2.31. The summed E-state index contributed by atoms with van der Waals surface area (Å²) in [4.78, 5) is 11.5. The molecular weight excluding hydrogens is 221 g/mol. The summed E-state index contributed by atoms with van der Waals surface area (Å²) in [7, 11) is 0. The zero-order chi connectivity index (χ0) is 12.2.